The summed E-state index contributed by atoms with van der Waals surface area (Å²) in [4.78, 5) is 3.85. The topological polar surface area (TPSA) is 33.1 Å². The van der Waals surface area contributed by atoms with Crippen LogP contribution < -0.4 is 0 Å². The SMILES string of the molecule is OC(Cc1cc(F)ccc1Br)c1ccnc(Cl)c1. The summed E-state index contributed by atoms with van der Waals surface area (Å²) in [5.41, 5.74) is 1.36. The highest BCUT2D eigenvalue weighted by molar-refractivity contribution is 9.10. The molecule has 0 radical (unpaired) electrons. The number of nitrogens with zero attached hydrogens (tertiary/aromatic N) is 1. The van der Waals surface area contributed by atoms with Gasteiger partial charge in [-0.2, -0.15) is 0 Å². The number of rotatable bonds is 3. The van der Waals surface area contributed by atoms with Gasteiger partial charge in [0.2, 0.25) is 0 Å². The van der Waals surface area contributed by atoms with Crippen molar-refractivity contribution in [3.63, 3.8) is 0 Å². The van der Waals surface area contributed by atoms with Crippen molar-refractivity contribution in [1.29, 1.82) is 0 Å². The average molecular weight is 331 g/mol. The minimum absolute atomic E-state index is 0.304. The molecule has 0 saturated heterocycles. The van der Waals surface area contributed by atoms with E-state index < -0.39 is 6.10 Å². The minimum Gasteiger partial charge on any atom is -0.388 e. The summed E-state index contributed by atoms with van der Waals surface area (Å²) in [6.07, 6.45) is 1.09. The van der Waals surface area contributed by atoms with Crippen molar-refractivity contribution >= 4 is 27.5 Å². The first-order chi connectivity index (χ1) is 8.56. The number of hydrogen-bond acceptors (Lipinski definition) is 2. The lowest BCUT2D eigenvalue weighted by Crippen LogP contribution is -2.03. The summed E-state index contributed by atoms with van der Waals surface area (Å²) in [5.74, 6) is -0.326. The molecule has 0 aliphatic heterocycles. The second-order valence-electron chi connectivity index (χ2n) is 3.87. The number of aliphatic hydroxyl groups excluding tert-OH is 1. The van der Waals surface area contributed by atoms with Gasteiger partial charge in [0, 0.05) is 17.1 Å². The Hall–Kier alpha value is -0.970. The first-order valence-corrected chi connectivity index (χ1v) is 6.47. The quantitative estimate of drug-likeness (QED) is 0.866. The molecule has 0 fully saturated rings. The van der Waals surface area contributed by atoms with Crippen LogP contribution in [0.5, 0.6) is 0 Å². The molecule has 1 atom stereocenters. The molecule has 1 aromatic heterocycles. The normalized spacial score (nSPS) is 12.4. The molecule has 0 bridgehead atoms. The fraction of sp³-hybridized carbons (Fsp3) is 0.154. The van der Waals surface area contributed by atoms with Gasteiger partial charge in [-0.05, 0) is 41.5 Å². The van der Waals surface area contributed by atoms with Crippen LogP contribution in [0.3, 0.4) is 0 Å². The van der Waals surface area contributed by atoms with Gasteiger partial charge in [0.05, 0.1) is 6.10 Å². The molecule has 0 aliphatic rings. The lowest BCUT2D eigenvalue weighted by Gasteiger charge is -2.12. The van der Waals surface area contributed by atoms with Crippen LogP contribution in [0.4, 0.5) is 4.39 Å². The van der Waals surface area contributed by atoms with E-state index in [0.29, 0.717) is 22.7 Å². The highest BCUT2D eigenvalue weighted by Crippen LogP contribution is 2.25. The maximum absolute atomic E-state index is 13.1. The molecule has 94 valence electrons. The van der Waals surface area contributed by atoms with E-state index in [1.165, 1.54) is 18.3 Å². The number of aliphatic hydroxyl groups is 1. The number of aromatic nitrogens is 1. The van der Waals surface area contributed by atoms with Crippen LogP contribution in [0.25, 0.3) is 0 Å². The summed E-state index contributed by atoms with van der Waals surface area (Å²) < 4.78 is 13.9. The molecule has 2 nitrogen and oxygen atoms in total. The Bertz CT molecular complexity index is 564. The van der Waals surface area contributed by atoms with E-state index in [0.717, 1.165) is 4.47 Å². The Labute approximate surface area is 118 Å². The van der Waals surface area contributed by atoms with E-state index >= 15 is 0 Å². The van der Waals surface area contributed by atoms with Gasteiger partial charge in [-0.3, -0.25) is 0 Å². The summed E-state index contributed by atoms with van der Waals surface area (Å²) >= 11 is 9.09. The molecule has 0 spiro atoms. The van der Waals surface area contributed by atoms with E-state index in [9.17, 15) is 9.50 Å². The van der Waals surface area contributed by atoms with Crippen molar-refractivity contribution < 1.29 is 9.50 Å². The van der Waals surface area contributed by atoms with Gasteiger partial charge in [-0.25, -0.2) is 9.37 Å². The Kier molecular flexibility index (Phi) is 4.32. The van der Waals surface area contributed by atoms with Crippen LogP contribution in [-0.4, -0.2) is 10.1 Å². The fourth-order valence-electron chi connectivity index (χ4n) is 1.65. The van der Waals surface area contributed by atoms with Crippen molar-refractivity contribution in [3.8, 4) is 0 Å². The van der Waals surface area contributed by atoms with Gasteiger partial charge in [-0.1, -0.05) is 27.5 Å². The molecule has 0 saturated carbocycles. The summed E-state index contributed by atoms with van der Waals surface area (Å²) in [6, 6.07) is 7.67. The van der Waals surface area contributed by atoms with Gasteiger partial charge in [0.15, 0.2) is 0 Å². The smallest absolute Gasteiger partial charge is 0.129 e. The third-order valence-corrected chi connectivity index (χ3v) is 3.54. The van der Waals surface area contributed by atoms with Crippen LogP contribution >= 0.6 is 27.5 Å². The monoisotopic (exact) mass is 329 g/mol. The largest absolute Gasteiger partial charge is 0.388 e. The molecule has 1 N–H and O–H groups in total. The zero-order valence-electron chi connectivity index (χ0n) is 9.28. The van der Waals surface area contributed by atoms with Crippen LogP contribution in [0.2, 0.25) is 5.15 Å². The predicted molar refractivity (Wildman–Crippen MR) is 72.0 cm³/mol. The summed E-state index contributed by atoms with van der Waals surface area (Å²) in [6.45, 7) is 0. The lowest BCUT2D eigenvalue weighted by molar-refractivity contribution is 0.178. The maximum Gasteiger partial charge on any atom is 0.129 e. The molecule has 5 heteroatoms. The Balaban J connectivity index is 2.21. The fourth-order valence-corrected chi connectivity index (χ4v) is 2.24. The molecule has 18 heavy (non-hydrogen) atoms. The van der Waals surface area contributed by atoms with Crippen molar-refractivity contribution in [3.05, 3.63) is 63.1 Å². The van der Waals surface area contributed by atoms with Crippen molar-refractivity contribution in [2.24, 2.45) is 0 Å². The van der Waals surface area contributed by atoms with Gasteiger partial charge >= 0.3 is 0 Å². The van der Waals surface area contributed by atoms with Crippen molar-refractivity contribution in [2.75, 3.05) is 0 Å². The molecule has 0 aliphatic carbocycles. The van der Waals surface area contributed by atoms with E-state index in [4.69, 9.17) is 11.6 Å². The molecule has 1 unspecified atom stereocenters. The lowest BCUT2D eigenvalue weighted by atomic mass is 10.0. The van der Waals surface area contributed by atoms with Gasteiger partial charge < -0.3 is 5.11 Å². The molecule has 2 aromatic rings. The minimum atomic E-state index is -0.747. The van der Waals surface area contributed by atoms with E-state index in [1.807, 2.05) is 0 Å². The third-order valence-electron chi connectivity index (χ3n) is 2.56. The zero-order chi connectivity index (χ0) is 13.1. The number of halogens is 3. The molecule has 2 rings (SSSR count). The highest BCUT2D eigenvalue weighted by atomic mass is 79.9. The second kappa shape index (κ2) is 5.78. The molecule has 0 amide bonds. The van der Waals surface area contributed by atoms with E-state index in [2.05, 4.69) is 20.9 Å². The molecular formula is C13H10BrClFNO. The highest BCUT2D eigenvalue weighted by Gasteiger charge is 2.12. The molecular weight excluding hydrogens is 321 g/mol. The van der Waals surface area contributed by atoms with Crippen molar-refractivity contribution in [1.82, 2.24) is 4.98 Å². The number of benzene rings is 1. The maximum atomic E-state index is 13.1. The van der Waals surface area contributed by atoms with Gasteiger partial charge in [0.1, 0.15) is 11.0 Å². The van der Waals surface area contributed by atoms with Gasteiger partial charge in [0.25, 0.3) is 0 Å². The average Bonchev–Trinajstić information content (AvgIpc) is 2.34. The summed E-state index contributed by atoms with van der Waals surface area (Å²) in [7, 11) is 0. The third kappa shape index (κ3) is 3.28. The van der Waals surface area contributed by atoms with Crippen LogP contribution in [0, 0.1) is 5.82 Å². The summed E-state index contributed by atoms with van der Waals surface area (Å²) in [5, 5.41) is 10.4. The van der Waals surface area contributed by atoms with Crippen molar-refractivity contribution in [2.45, 2.75) is 12.5 Å². The van der Waals surface area contributed by atoms with E-state index in [1.54, 1.807) is 18.2 Å². The predicted octanol–water partition coefficient (Wildman–Crippen LogP) is 3.91. The van der Waals surface area contributed by atoms with E-state index in [-0.39, 0.29) is 5.82 Å². The number of hydrogen-bond donors (Lipinski definition) is 1. The standard InChI is InChI=1S/C13H10BrClFNO/c14-11-2-1-10(16)5-9(11)6-12(18)8-3-4-17-13(15)7-8/h1-5,7,12,18H,6H2. The first kappa shape index (κ1) is 13.5. The molecule has 1 heterocycles. The second-order valence-corrected chi connectivity index (χ2v) is 5.11. The van der Waals surface area contributed by atoms with Crippen LogP contribution in [0.15, 0.2) is 41.0 Å². The van der Waals surface area contributed by atoms with Gasteiger partial charge in [-0.15, -0.1) is 0 Å². The number of pyridine rings is 1. The zero-order valence-corrected chi connectivity index (χ0v) is 11.6. The van der Waals surface area contributed by atoms with Crippen LogP contribution in [-0.2, 0) is 6.42 Å². The first-order valence-electron chi connectivity index (χ1n) is 5.29. The van der Waals surface area contributed by atoms with Crippen LogP contribution in [0.1, 0.15) is 17.2 Å². The molecule has 1 aromatic carbocycles. The Morgan fingerprint density at radius 3 is 2.83 bits per heavy atom. The Morgan fingerprint density at radius 2 is 2.11 bits per heavy atom. The Morgan fingerprint density at radius 1 is 1.33 bits per heavy atom.